The Morgan fingerprint density at radius 1 is 1.17 bits per heavy atom. The second-order valence-corrected chi connectivity index (χ2v) is 8.36. The van der Waals surface area contributed by atoms with E-state index >= 15 is 0 Å². The maximum Gasteiger partial charge on any atom is 0.534 e. The molecule has 2 N–H and O–H groups in total. The first-order valence-electron chi connectivity index (χ1n) is 8.49. The van der Waals surface area contributed by atoms with Gasteiger partial charge in [-0.15, -0.1) is 0 Å². The fraction of sp³-hybridized carbons (Fsp3) is 0.353. The number of rotatable bonds is 3. The van der Waals surface area contributed by atoms with Crippen LogP contribution in [0.15, 0.2) is 35.8 Å². The molecule has 1 atom stereocenters. The number of hydrogen-bond donors (Lipinski definition) is 1. The monoisotopic (exact) mass is 428 g/mol. The van der Waals surface area contributed by atoms with Crippen molar-refractivity contribution in [2.24, 2.45) is 10.7 Å². The third-order valence-electron chi connectivity index (χ3n) is 4.93. The van der Waals surface area contributed by atoms with Crippen LogP contribution in [0.1, 0.15) is 17.5 Å². The highest BCUT2D eigenvalue weighted by Gasteiger charge is 2.49. The van der Waals surface area contributed by atoms with Gasteiger partial charge in [0, 0.05) is 24.4 Å². The van der Waals surface area contributed by atoms with Gasteiger partial charge >= 0.3 is 15.6 Å². The molecule has 2 aromatic rings. The Morgan fingerprint density at radius 2 is 1.90 bits per heavy atom. The van der Waals surface area contributed by atoms with Gasteiger partial charge in [-0.2, -0.15) is 21.6 Å². The zero-order chi connectivity index (χ0) is 20.9. The molecule has 4 rings (SSSR count). The molecule has 0 bridgehead atoms. The predicted octanol–water partition coefficient (Wildman–Crippen LogP) is 1.94. The minimum atomic E-state index is -5.79. The normalized spacial score (nSPS) is 21.4. The molecule has 0 fully saturated rings. The minimum absolute atomic E-state index is 0.0464. The number of aliphatic imine (C=N–C) groups is 1. The molecule has 1 aliphatic carbocycles. The highest BCUT2D eigenvalue weighted by atomic mass is 32.2. The lowest BCUT2D eigenvalue weighted by Crippen LogP contribution is -2.36. The van der Waals surface area contributed by atoms with Gasteiger partial charge in [-0.05, 0) is 35.6 Å². The number of halogens is 3. The number of alkyl halides is 3. The lowest BCUT2D eigenvalue weighted by molar-refractivity contribution is -0.0500. The summed E-state index contributed by atoms with van der Waals surface area (Å²) >= 11 is 0. The van der Waals surface area contributed by atoms with Crippen LogP contribution >= 0.6 is 0 Å². The molecular formula is C17H15F3N4O4S. The fourth-order valence-corrected chi connectivity index (χ4v) is 4.09. The van der Waals surface area contributed by atoms with Crippen LogP contribution in [0, 0.1) is 0 Å². The number of ether oxygens (including phenoxy) is 1. The maximum absolute atomic E-state index is 12.8. The van der Waals surface area contributed by atoms with Crippen LogP contribution < -0.4 is 9.92 Å². The second-order valence-electron chi connectivity index (χ2n) is 6.82. The summed E-state index contributed by atoms with van der Waals surface area (Å²) in [6.07, 6.45) is 5.40. The zero-order valence-corrected chi connectivity index (χ0v) is 15.6. The number of hydrogen-bond acceptors (Lipinski definition) is 8. The van der Waals surface area contributed by atoms with E-state index in [1.165, 1.54) is 18.5 Å². The van der Waals surface area contributed by atoms with Gasteiger partial charge in [0.1, 0.15) is 24.2 Å². The molecule has 1 aromatic heterocycles. The smallest absolute Gasteiger partial charge is 0.463 e. The molecule has 0 saturated heterocycles. The molecular weight excluding hydrogens is 413 g/mol. The Morgan fingerprint density at radius 3 is 2.52 bits per heavy atom. The van der Waals surface area contributed by atoms with Crippen LogP contribution in [0.3, 0.4) is 0 Å². The summed E-state index contributed by atoms with van der Waals surface area (Å²) in [5.41, 5.74) is 1.70. The van der Waals surface area contributed by atoms with Crippen molar-refractivity contribution in [2.75, 3.05) is 6.61 Å². The van der Waals surface area contributed by atoms with Crippen LogP contribution in [-0.4, -0.2) is 42.1 Å². The lowest BCUT2D eigenvalue weighted by Gasteiger charge is -2.32. The van der Waals surface area contributed by atoms with Crippen molar-refractivity contribution < 1.29 is 30.5 Å². The Bertz CT molecular complexity index is 1090. The quantitative estimate of drug-likeness (QED) is 0.587. The van der Waals surface area contributed by atoms with Crippen LogP contribution in [0.25, 0.3) is 11.1 Å². The van der Waals surface area contributed by atoms with Gasteiger partial charge in [0.15, 0.2) is 0 Å². The minimum Gasteiger partial charge on any atom is -0.463 e. The molecule has 0 amide bonds. The number of fused-ring (bicyclic) bond motifs is 1. The molecule has 0 saturated carbocycles. The molecule has 154 valence electrons. The van der Waals surface area contributed by atoms with E-state index in [2.05, 4.69) is 19.1 Å². The van der Waals surface area contributed by atoms with Crippen LogP contribution in [0.5, 0.6) is 5.75 Å². The van der Waals surface area contributed by atoms with Gasteiger partial charge in [0.25, 0.3) is 6.02 Å². The Kier molecular flexibility index (Phi) is 4.41. The zero-order valence-electron chi connectivity index (χ0n) is 14.8. The molecule has 1 spiro atoms. The highest BCUT2D eigenvalue weighted by Crippen LogP contribution is 2.43. The third-order valence-corrected chi connectivity index (χ3v) is 5.89. The first-order valence-corrected chi connectivity index (χ1v) is 9.90. The third kappa shape index (κ3) is 3.48. The summed E-state index contributed by atoms with van der Waals surface area (Å²) in [5.74, 6) is -0.358. The molecule has 1 aliphatic heterocycles. The summed E-state index contributed by atoms with van der Waals surface area (Å²) in [6, 6.07) is 2.75. The van der Waals surface area contributed by atoms with Gasteiger partial charge in [-0.25, -0.2) is 15.0 Å². The first kappa shape index (κ1) is 19.4. The van der Waals surface area contributed by atoms with E-state index in [4.69, 9.17) is 10.5 Å². The van der Waals surface area contributed by atoms with E-state index in [-0.39, 0.29) is 31.2 Å². The Hall–Kier alpha value is -2.89. The standard InChI is InChI=1S/C17H15F3N4O4S/c18-17(19,20)29(25,26)28-14-2-1-11(10-6-22-9-23-7-10)13-5-16(4-3-12(13)14)8-27-15(21)24-16/h1-2,6-7,9H,3-5,8H2,(H2,21,24). The molecule has 2 heterocycles. The largest absolute Gasteiger partial charge is 0.534 e. The molecule has 12 heteroatoms. The van der Waals surface area contributed by atoms with Crippen LogP contribution in [-0.2, 0) is 27.7 Å². The Balaban J connectivity index is 1.83. The van der Waals surface area contributed by atoms with E-state index in [1.54, 1.807) is 12.4 Å². The van der Waals surface area contributed by atoms with Crippen molar-refractivity contribution >= 4 is 16.1 Å². The van der Waals surface area contributed by atoms with Crippen molar-refractivity contribution in [2.45, 2.75) is 30.3 Å². The van der Waals surface area contributed by atoms with Gasteiger partial charge in [-0.3, -0.25) is 0 Å². The summed E-state index contributed by atoms with van der Waals surface area (Å²) < 4.78 is 71.2. The summed E-state index contributed by atoms with van der Waals surface area (Å²) in [7, 11) is -5.79. The van der Waals surface area contributed by atoms with Crippen LogP contribution in [0.4, 0.5) is 13.2 Å². The number of nitrogens with two attached hydrogens (primary N) is 1. The topological polar surface area (TPSA) is 117 Å². The van der Waals surface area contributed by atoms with E-state index in [9.17, 15) is 21.6 Å². The molecule has 0 radical (unpaired) electrons. The van der Waals surface area contributed by atoms with E-state index in [0.717, 1.165) is 0 Å². The summed E-state index contributed by atoms with van der Waals surface area (Å²) in [5, 5.41) is 0. The van der Waals surface area contributed by atoms with E-state index in [0.29, 0.717) is 28.7 Å². The first-order chi connectivity index (χ1) is 13.6. The predicted molar refractivity (Wildman–Crippen MR) is 95.4 cm³/mol. The van der Waals surface area contributed by atoms with Crippen LogP contribution in [0.2, 0.25) is 0 Å². The molecule has 1 aromatic carbocycles. The number of nitrogens with zero attached hydrogens (tertiary/aromatic N) is 3. The van der Waals surface area contributed by atoms with Crippen molar-refractivity contribution in [3.05, 3.63) is 42.0 Å². The Labute approximate surface area is 163 Å². The molecule has 1 unspecified atom stereocenters. The van der Waals surface area contributed by atoms with Gasteiger partial charge in [-0.1, -0.05) is 6.07 Å². The highest BCUT2D eigenvalue weighted by molar-refractivity contribution is 7.88. The molecule has 2 aliphatic rings. The molecule has 29 heavy (non-hydrogen) atoms. The van der Waals surface area contributed by atoms with Crippen molar-refractivity contribution in [1.29, 1.82) is 0 Å². The van der Waals surface area contributed by atoms with Crippen molar-refractivity contribution in [3.8, 4) is 16.9 Å². The maximum atomic E-state index is 12.8. The van der Waals surface area contributed by atoms with E-state index in [1.807, 2.05) is 0 Å². The van der Waals surface area contributed by atoms with Crippen molar-refractivity contribution in [1.82, 2.24) is 9.97 Å². The van der Waals surface area contributed by atoms with E-state index < -0.39 is 21.2 Å². The lowest BCUT2D eigenvalue weighted by atomic mass is 9.76. The number of benzene rings is 1. The average Bonchev–Trinajstić information content (AvgIpc) is 3.01. The average molecular weight is 428 g/mol. The fourth-order valence-electron chi connectivity index (χ4n) is 3.60. The van der Waals surface area contributed by atoms with Gasteiger partial charge in [0.2, 0.25) is 0 Å². The van der Waals surface area contributed by atoms with Gasteiger partial charge in [0.05, 0.1) is 0 Å². The summed E-state index contributed by atoms with van der Waals surface area (Å²) in [4.78, 5) is 12.3. The van der Waals surface area contributed by atoms with Gasteiger partial charge < -0.3 is 14.7 Å². The number of amidine groups is 1. The number of aromatic nitrogens is 2. The SMILES string of the molecule is NC1=NC2(CCc3c(OS(=O)(=O)C(F)(F)F)ccc(-c4cncnc4)c3C2)CO1. The second kappa shape index (κ2) is 6.58. The van der Waals surface area contributed by atoms with Crippen molar-refractivity contribution in [3.63, 3.8) is 0 Å². The molecule has 8 nitrogen and oxygen atoms in total. The summed E-state index contributed by atoms with van der Waals surface area (Å²) in [6.45, 7) is 0.231.